The molecular weight excluding hydrogens is 278 g/mol. The largest absolute Gasteiger partial charge is 0.327 e. The first-order valence-electron chi connectivity index (χ1n) is 6.62. The molecule has 22 heavy (non-hydrogen) atoms. The van der Waals surface area contributed by atoms with Crippen LogP contribution in [0.5, 0.6) is 0 Å². The van der Waals surface area contributed by atoms with Gasteiger partial charge in [-0.1, -0.05) is 12.1 Å². The molecule has 0 saturated carbocycles. The number of carbonyl (C=O) groups excluding carboxylic acids is 1. The van der Waals surface area contributed by atoms with Crippen molar-refractivity contribution < 1.29 is 4.79 Å². The topological polar surface area (TPSA) is 83.1 Å². The van der Waals surface area contributed by atoms with Crippen molar-refractivity contribution in [2.75, 3.05) is 5.32 Å². The Labute approximate surface area is 124 Å². The molecule has 0 bridgehead atoms. The molecule has 6 nitrogen and oxygen atoms in total. The summed E-state index contributed by atoms with van der Waals surface area (Å²) in [5, 5.41) is 12.1. The summed E-state index contributed by atoms with van der Waals surface area (Å²) in [5.41, 5.74) is 4.47. The molecule has 6 heteroatoms. The van der Waals surface area contributed by atoms with Gasteiger partial charge in [0.2, 0.25) is 6.41 Å². The van der Waals surface area contributed by atoms with Gasteiger partial charge in [-0.15, -0.1) is 0 Å². The number of fused-ring (bicyclic) bond motifs is 4. The Bertz CT molecular complexity index is 1090. The van der Waals surface area contributed by atoms with Gasteiger partial charge >= 0.3 is 0 Å². The summed E-state index contributed by atoms with van der Waals surface area (Å²) < 4.78 is 1.78. The van der Waals surface area contributed by atoms with Crippen LogP contribution in [0.4, 0.5) is 5.69 Å². The molecule has 3 heterocycles. The number of nitrogens with one attached hydrogen (secondary N) is 1. The molecule has 104 valence electrons. The minimum Gasteiger partial charge on any atom is -0.327 e. The van der Waals surface area contributed by atoms with Crippen molar-refractivity contribution in [2.24, 2.45) is 0 Å². The Hall–Kier alpha value is -3.46. The van der Waals surface area contributed by atoms with Crippen molar-refractivity contribution in [1.82, 2.24) is 14.4 Å². The fourth-order valence-electron chi connectivity index (χ4n) is 2.59. The first kappa shape index (κ1) is 12.3. The van der Waals surface area contributed by atoms with E-state index in [1.165, 1.54) is 0 Å². The van der Waals surface area contributed by atoms with Crippen LogP contribution >= 0.6 is 0 Å². The number of pyridine rings is 1. The fourth-order valence-corrected chi connectivity index (χ4v) is 2.59. The van der Waals surface area contributed by atoms with Crippen molar-refractivity contribution in [3.63, 3.8) is 0 Å². The van der Waals surface area contributed by atoms with Crippen molar-refractivity contribution in [3.05, 3.63) is 48.2 Å². The summed E-state index contributed by atoms with van der Waals surface area (Å²) in [4.78, 5) is 19.8. The third-order valence-electron chi connectivity index (χ3n) is 3.56. The van der Waals surface area contributed by atoms with Crippen molar-refractivity contribution in [3.8, 4) is 6.07 Å². The number of hydrogen-bond donors (Lipinski definition) is 1. The number of amides is 1. The van der Waals surface area contributed by atoms with Crippen LogP contribution in [0.2, 0.25) is 0 Å². The van der Waals surface area contributed by atoms with E-state index in [0.29, 0.717) is 34.3 Å². The predicted molar refractivity (Wildman–Crippen MR) is 82.4 cm³/mol. The van der Waals surface area contributed by atoms with E-state index in [1.807, 2.05) is 24.3 Å². The molecule has 0 unspecified atom stereocenters. The lowest BCUT2D eigenvalue weighted by atomic mass is 10.2. The van der Waals surface area contributed by atoms with Gasteiger partial charge in [0.15, 0.2) is 5.65 Å². The maximum atomic E-state index is 10.6. The van der Waals surface area contributed by atoms with Gasteiger partial charge < -0.3 is 5.32 Å². The maximum Gasteiger partial charge on any atom is 0.211 e. The molecule has 0 aliphatic heterocycles. The minimum absolute atomic E-state index is 0.478. The van der Waals surface area contributed by atoms with E-state index >= 15 is 0 Å². The Morgan fingerprint density at radius 2 is 1.91 bits per heavy atom. The lowest BCUT2D eigenvalue weighted by Crippen LogP contribution is -1.96. The normalized spacial score (nSPS) is 10.9. The predicted octanol–water partition coefficient (Wildman–Crippen LogP) is 2.48. The van der Waals surface area contributed by atoms with E-state index in [-0.39, 0.29) is 0 Å². The number of para-hydroxylation sites is 2. The molecule has 0 spiro atoms. The number of benzene rings is 1. The summed E-state index contributed by atoms with van der Waals surface area (Å²) in [6.45, 7) is 0. The first-order valence-corrected chi connectivity index (χ1v) is 6.62. The average Bonchev–Trinajstić information content (AvgIpc) is 2.85. The number of rotatable bonds is 2. The number of nitriles is 1. The second-order valence-corrected chi connectivity index (χ2v) is 4.81. The number of nitrogens with zero attached hydrogens (tertiary/aromatic N) is 4. The van der Waals surface area contributed by atoms with Gasteiger partial charge in [0.05, 0.1) is 22.2 Å². The summed E-state index contributed by atoms with van der Waals surface area (Å²) >= 11 is 0. The molecule has 0 radical (unpaired) electrons. The second-order valence-electron chi connectivity index (χ2n) is 4.81. The lowest BCUT2D eigenvalue weighted by molar-refractivity contribution is -0.105. The zero-order valence-electron chi connectivity index (χ0n) is 11.3. The Morgan fingerprint density at radius 1 is 1.14 bits per heavy atom. The third-order valence-corrected chi connectivity index (χ3v) is 3.56. The van der Waals surface area contributed by atoms with E-state index in [9.17, 15) is 10.1 Å². The van der Waals surface area contributed by atoms with Gasteiger partial charge in [-0.25, -0.2) is 9.97 Å². The summed E-state index contributed by atoms with van der Waals surface area (Å²) in [6.07, 6.45) is 2.34. The maximum absolute atomic E-state index is 10.6. The van der Waals surface area contributed by atoms with Crippen LogP contribution in [0.3, 0.4) is 0 Å². The van der Waals surface area contributed by atoms with Crippen molar-refractivity contribution in [2.45, 2.75) is 0 Å². The van der Waals surface area contributed by atoms with Crippen LogP contribution < -0.4 is 5.32 Å². The van der Waals surface area contributed by atoms with Crippen LogP contribution in [0, 0.1) is 11.3 Å². The molecule has 1 N–H and O–H groups in total. The monoisotopic (exact) mass is 287 g/mol. The van der Waals surface area contributed by atoms with Gasteiger partial charge in [0.1, 0.15) is 17.1 Å². The second kappa shape index (κ2) is 4.53. The van der Waals surface area contributed by atoms with Crippen molar-refractivity contribution in [1.29, 1.82) is 5.26 Å². The zero-order chi connectivity index (χ0) is 15.1. The van der Waals surface area contributed by atoms with Gasteiger partial charge in [0.25, 0.3) is 0 Å². The number of hydrogen-bond acceptors (Lipinski definition) is 4. The summed E-state index contributed by atoms with van der Waals surface area (Å²) in [6, 6.07) is 13.2. The highest BCUT2D eigenvalue weighted by molar-refractivity contribution is 5.95. The highest BCUT2D eigenvalue weighted by Crippen LogP contribution is 2.26. The van der Waals surface area contributed by atoms with Crippen LogP contribution in [0.15, 0.2) is 42.6 Å². The van der Waals surface area contributed by atoms with Gasteiger partial charge in [0, 0.05) is 6.20 Å². The molecule has 0 atom stereocenters. The fraction of sp³-hybridized carbons (Fsp3) is 0. The highest BCUT2D eigenvalue weighted by atomic mass is 16.1. The molecule has 0 aliphatic rings. The molecule has 0 saturated heterocycles. The van der Waals surface area contributed by atoms with Crippen LogP contribution in [0.1, 0.15) is 5.56 Å². The molecule has 1 aromatic carbocycles. The summed E-state index contributed by atoms with van der Waals surface area (Å²) in [5.74, 6) is 0. The molecule has 0 fully saturated rings. The standard InChI is InChI=1S/C16H9N5O/c17-7-11-14-6-5-10(18-9-22)8-21(14)16-15(11)19-12-3-1-2-4-13(12)20-16/h1-6,8-9H,(H,18,22). The average molecular weight is 287 g/mol. The molecule has 1 amide bonds. The Kier molecular flexibility index (Phi) is 2.53. The quantitative estimate of drug-likeness (QED) is 0.574. The lowest BCUT2D eigenvalue weighted by Gasteiger charge is -2.01. The third kappa shape index (κ3) is 1.63. The van der Waals surface area contributed by atoms with Crippen LogP contribution in [0.25, 0.3) is 27.7 Å². The minimum atomic E-state index is 0.478. The Balaban J connectivity index is 2.19. The van der Waals surface area contributed by atoms with E-state index in [0.717, 1.165) is 11.0 Å². The van der Waals surface area contributed by atoms with E-state index in [4.69, 9.17) is 0 Å². The molecular formula is C16H9N5O. The molecule has 3 aromatic heterocycles. The summed E-state index contributed by atoms with van der Waals surface area (Å²) in [7, 11) is 0. The van der Waals surface area contributed by atoms with Crippen molar-refractivity contribution >= 4 is 39.8 Å². The van der Waals surface area contributed by atoms with Gasteiger partial charge in [-0.2, -0.15) is 5.26 Å². The van der Waals surface area contributed by atoms with Crippen LogP contribution in [-0.2, 0) is 4.79 Å². The smallest absolute Gasteiger partial charge is 0.211 e. The molecule has 4 rings (SSSR count). The van der Waals surface area contributed by atoms with E-state index in [1.54, 1.807) is 22.7 Å². The molecule has 4 aromatic rings. The van der Waals surface area contributed by atoms with Gasteiger partial charge in [-0.05, 0) is 24.3 Å². The van der Waals surface area contributed by atoms with E-state index in [2.05, 4.69) is 21.4 Å². The number of carbonyl (C=O) groups is 1. The SMILES string of the molecule is N#Cc1c2nc3ccccc3nc2n2cc(NC=O)ccc12. The van der Waals surface area contributed by atoms with Gasteiger partial charge in [-0.3, -0.25) is 9.20 Å². The Morgan fingerprint density at radius 3 is 2.64 bits per heavy atom. The first-order chi connectivity index (χ1) is 10.8. The van der Waals surface area contributed by atoms with E-state index < -0.39 is 0 Å². The number of aromatic nitrogens is 3. The number of anilines is 1. The zero-order valence-corrected chi connectivity index (χ0v) is 11.3. The highest BCUT2D eigenvalue weighted by Gasteiger charge is 2.15. The molecule has 0 aliphatic carbocycles. The van der Waals surface area contributed by atoms with Crippen LogP contribution in [-0.4, -0.2) is 20.8 Å².